The lowest BCUT2D eigenvalue weighted by Crippen LogP contribution is -1.98. The van der Waals surface area contributed by atoms with Crippen molar-refractivity contribution in [2.45, 2.75) is 6.61 Å². The van der Waals surface area contributed by atoms with E-state index < -0.39 is 0 Å². The third-order valence-electron chi connectivity index (χ3n) is 2.37. The fourth-order valence-corrected chi connectivity index (χ4v) is 2.04. The van der Waals surface area contributed by atoms with Crippen LogP contribution in [0.25, 0.3) is 11.3 Å². The summed E-state index contributed by atoms with van der Waals surface area (Å²) >= 11 is 17.9. The van der Waals surface area contributed by atoms with Crippen LogP contribution in [0.15, 0.2) is 24.5 Å². The number of methoxy groups -OCH3 is 1. The summed E-state index contributed by atoms with van der Waals surface area (Å²) in [4.78, 5) is 8.16. The average Bonchev–Trinajstić information content (AvgIpc) is 2.35. The lowest BCUT2D eigenvalue weighted by Gasteiger charge is -2.09. The van der Waals surface area contributed by atoms with Crippen LogP contribution in [-0.4, -0.2) is 17.1 Å². The summed E-state index contributed by atoms with van der Waals surface area (Å²) in [7, 11) is 1.59. The molecule has 0 aliphatic rings. The number of ether oxygens (including phenoxy) is 1. The molecule has 0 aliphatic heterocycles. The number of hydrogen-bond acceptors (Lipinski definition) is 3. The monoisotopic (exact) mass is 302 g/mol. The quantitative estimate of drug-likeness (QED) is 0.795. The minimum absolute atomic E-state index is 0.329. The van der Waals surface area contributed by atoms with Crippen LogP contribution >= 0.6 is 34.8 Å². The van der Waals surface area contributed by atoms with E-state index in [1.54, 1.807) is 19.2 Å². The van der Waals surface area contributed by atoms with Gasteiger partial charge in [0.1, 0.15) is 11.5 Å². The van der Waals surface area contributed by atoms with Crippen LogP contribution in [0.4, 0.5) is 0 Å². The fraction of sp³-hybridized carbons (Fsp3) is 0.167. The zero-order valence-corrected chi connectivity index (χ0v) is 11.7. The van der Waals surface area contributed by atoms with Crippen molar-refractivity contribution < 1.29 is 4.74 Å². The highest BCUT2D eigenvalue weighted by Crippen LogP contribution is 2.31. The summed E-state index contributed by atoms with van der Waals surface area (Å²) in [6, 6.07) is 5.28. The summed E-state index contributed by atoms with van der Waals surface area (Å²) in [5.41, 5.74) is 2.23. The molecule has 1 heterocycles. The zero-order chi connectivity index (χ0) is 13.1. The van der Waals surface area contributed by atoms with E-state index in [2.05, 4.69) is 9.97 Å². The molecular formula is C12H9Cl3N2O. The average molecular weight is 304 g/mol. The SMILES string of the molecule is COCc1c(Cl)ncnc1-c1ccc(Cl)c(Cl)c1. The Hall–Kier alpha value is -0.870. The van der Waals surface area contributed by atoms with Crippen molar-refractivity contribution >= 4 is 34.8 Å². The predicted octanol–water partition coefficient (Wildman–Crippen LogP) is 4.25. The van der Waals surface area contributed by atoms with Crippen LogP contribution in [-0.2, 0) is 11.3 Å². The zero-order valence-electron chi connectivity index (χ0n) is 9.45. The Labute approximate surface area is 120 Å². The second kappa shape index (κ2) is 5.85. The van der Waals surface area contributed by atoms with E-state index >= 15 is 0 Å². The first kappa shape index (κ1) is 13.6. The van der Waals surface area contributed by atoms with Crippen molar-refractivity contribution in [1.82, 2.24) is 9.97 Å². The standard InChI is InChI=1S/C12H9Cl3N2O/c1-18-5-8-11(16-6-17-12(8)15)7-2-3-9(13)10(14)4-7/h2-4,6H,5H2,1H3. The van der Waals surface area contributed by atoms with Gasteiger partial charge in [0.15, 0.2) is 0 Å². The first-order valence-electron chi connectivity index (χ1n) is 5.07. The Morgan fingerprint density at radius 1 is 1.11 bits per heavy atom. The number of nitrogens with zero attached hydrogens (tertiary/aromatic N) is 2. The van der Waals surface area contributed by atoms with Gasteiger partial charge in [0.05, 0.1) is 22.3 Å². The maximum absolute atomic E-state index is 6.04. The van der Waals surface area contributed by atoms with Crippen LogP contribution < -0.4 is 0 Å². The highest BCUT2D eigenvalue weighted by Gasteiger charge is 2.12. The second-order valence-electron chi connectivity index (χ2n) is 3.55. The van der Waals surface area contributed by atoms with Gasteiger partial charge < -0.3 is 4.74 Å². The van der Waals surface area contributed by atoms with Gasteiger partial charge in [-0.3, -0.25) is 0 Å². The molecule has 2 aromatic rings. The van der Waals surface area contributed by atoms with Crippen molar-refractivity contribution in [3.8, 4) is 11.3 Å². The van der Waals surface area contributed by atoms with Crippen molar-refractivity contribution in [1.29, 1.82) is 0 Å². The first-order chi connectivity index (χ1) is 8.63. The van der Waals surface area contributed by atoms with Crippen molar-refractivity contribution in [3.63, 3.8) is 0 Å². The summed E-state index contributed by atoms with van der Waals surface area (Å²) in [5.74, 6) is 0. The fourth-order valence-electron chi connectivity index (χ4n) is 1.56. The van der Waals surface area contributed by atoms with Crippen LogP contribution in [0.1, 0.15) is 5.56 Å². The Bertz CT molecular complexity index is 575. The summed E-state index contributed by atoms with van der Waals surface area (Å²) in [5, 5.41) is 1.33. The highest BCUT2D eigenvalue weighted by atomic mass is 35.5. The molecule has 2 rings (SSSR count). The number of aromatic nitrogens is 2. The van der Waals surface area contributed by atoms with E-state index in [1.807, 2.05) is 6.07 Å². The third-order valence-corrected chi connectivity index (χ3v) is 3.44. The third kappa shape index (κ3) is 2.75. The molecule has 1 aromatic heterocycles. The van der Waals surface area contributed by atoms with Crippen LogP contribution in [0.3, 0.4) is 0 Å². The summed E-state index contributed by atoms with van der Waals surface area (Å²) in [6.07, 6.45) is 1.40. The van der Waals surface area contributed by atoms with Crippen LogP contribution in [0.5, 0.6) is 0 Å². The Balaban J connectivity index is 2.55. The van der Waals surface area contributed by atoms with Crippen LogP contribution in [0.2, 0.25) is 15.2 Å². The van der Waals surface area contributed by atoms with E-state index in [0.29, 0.717) is 27.5 Å². The van der Waals surface area contributed by atoms with Gasteiger partial charge in [-0.05, 0) is 12.1 Å². The lowest BCUT2D eigenvalue weighted by atomic mass is 10.1. The molecule has 0 fully saturated rings. The van der Waals surface area contributed by atoms with Crippen molar-refractivity contribution in [2.75, 3.05) is 7.11 Å². The van der Waals surface area contributed by atoms with E-state index in [0.717, 1.165) is 11.1 Å². The first-order valence-corrected chi connectivity index (χ1v) is 6.20. The van der Waals surface area contributed by atoms with E-state index in [-0.39, 0.29) is 0 Å². The molecule has 0 atom stereocenters. The summed E-state index contributed by atoms with van der Waals surface area (Å²) < 4.78 is 5.10. The normalized spacial score (nSPS) is 10.7. The number of halogens is 3. The molecule has 0 saturated carbocycles. The van der Waals surface area contributed by atoms with Crippen molar-refractivity contribution in [2.24, 2.45) is 0 Å². The van der Waals surface area contributed by atoms with Gasteiger partial charge in [-0.15, -0.1) is 0 Å². The Kier molecular flexibility index (Phi) is 4.40. The molecule has 3 nitrogen and oxygen atoms in total. The predicted molar refractivity (Wildman–Crippen MR) is 73.2 cm³/mol. The van der Waals surface area contributed by atoms with Gasteiger partial charge in [-0.2, -0.15) is 0 Å². The van der Waals surface area contributed by atoms with E-state index in [1.165, 1.54) is 6.33 Å². The molecule has 94 valence electrons. The molecule has 18 heavy (non-hydrogen) atoms. The van der Waals surface area contributed by atoms with Gasteiger partial charge in [0.2, 0.25) is 0 Å². The summed E-state index contributed by atoms with van der Waals surface area (Å²) in [6.45, 7) is 0.329. The van der Waals surface area contributed by atoms with Gasteiger partial charge >= 0.3 is 0 Å². The van der Waals surface area contributed by atoms with E-state index in [9.17, 15) is 0 Å². The topological polar surface area (TPSA) is 35.0 Å². The molecule has 0 radical (unpaired) electrons. The lowest BCUT2D eigenvalue weighted by molar-refractivity contribution is 0.185. The number of hydrogen-bond donors (Lipinski definition) is 0. The molecular weight excluding hydrogens is 295 g/mol. The number of benzene rings is 1. The molecule has 0 spiro atoms. The van der Waals surface area contributed by atoms with Gasteiger partial charge in [-0.1, -0.05) is 40.9 Å². The Morgan fingerprint density at radius 3 is 2.56 bits per heavy atom. The minimum Gasteiger partial charge on any atom is -0.380 e. The number of rotatable bonds is 3. The van der Waals surface area contributed by atoms with Gasteiger partial charge in [0, 0.05) is 18.2 Å². The molecule has 1 aromatic carbocycles. The Morgan fingerprint density at radius 2 is 1.89 bits per heavy atom. The van der Waals surface area contributed by atoms with Crippen LogP contribution in [0, 0.1) is 0 Å². The molecule has 0 saturated heterocycles. The molecule has 0 amide bonds. The maximum atomic E-state index is 6.04. The van der Waals surface area contributed by atoms with E-state index in [4.69, 9.17) is 39.5 Å². The molecule has 0 aliphatic carbocycles. The smallest absolute Gasteiger partial charge is 0.138 e. The van der Waals surface area contributed by atoms with Crippen molar-refractivity contribution in [3.05, 3.63) is 45.3 Å². The second-order valence-corrected chi connectivity index (χ2v) is 4.73. The molecule has 0 bridgehead atoms. The molecule has 0 unspecified atom stereocenters. The maximum Gasteiger partial charge on any atom is 0.138 e. The minimum atomic E-state index is 0.329. The highest BCUT2D eigenvalue weighted by molar-refractivity contribution is 6.42. The largest absolute Gasteiger partial charge is 0.380 e. The molecule has 0 N–H and O–H groups in total. The van der Waals surface area contributed by atoms with Gasteiger partial charge in [0.25, 0.3) is 0 Å². The van der Waals surface area contributed by atoms with Gasteiger partial charge in [-0.25, -0.2) is 9.97 Å². The molecule has 6 heteroatoms.